The first-order valence-electron chi connectivity index (χ1n) is 4.08. The number of rotatable bonds is 2. The maximum absolute atomic E-state index is 12.5. The minimum absolute atomic E-state index is 0.0936. The second-order valence-electron chi connectivity index (χ2n) is 2.02. The Morgan fingerprint density at radius 1 is 1.57 bits per heavy atom. The van der Waals surface area contributed by atoms with Gasteiger partial charge in [0.1, 0.15) is 11.4 Å². The van der Waals surface area contributed by atoms with Crippen molar-refractivity contribution < 1.29 is 19.0 Å². The highest BCUT2D eigenvalue weighted by Gasteiger charge is 2.12. The van der Waals surface area contributed by atoms with E-state index in [-0.39, 0.29) is 11.4 Å². The van der Waals surface area contributed by atoms with Gasteiger partial charge in [0.2, 0.25) is 5.88 Å². The summed E-state index contributed by atoms with van der Waals surface area (Å²) in [6.45, 7) is 4.00. The predicted octanol–water partition coefficient (Wildman–Crippen LogP) is 1.95. The third-order valence-corrected chi connectivity index (χ3v) is 1.24. The molecule has 0 aliphatic heterocycles. The van der Waals surface area contributed by atoms with Crippen molar-refractivity contribution in [3.63, 3.8) is 0 Å². The molecule has 0 atom stereocenters. The third-order valence-electron chi connectivity index (χ3n) is 1.24. The Hall–Kier alpha value is -1.65. The Bertz CT molecular complexity index is 315. The Morgan fingerprint density at radius 2 is 2.14 bits per heavy atom. The highest BCUT2D eigenvalue weighted by Crippen LogP contribution is 2.14. The van der Waals surface area contributed by atoms with E-state index in [1.54, 1.807) is 0 Å². The highest BCUT2D eigenvalue weighted by molar-refractivity contribution is 5.90. The van der Waals surface area contributed by atoms with Crippen molar-refractivity contribution in [2.45, 2.75) is 13.8 Å². The number of hydrogen-bond acceptors (Lipinski definition) is 3. The van der Waals surface area contributed by atoms with E-state index < -0.39 is 11.8 Å². The molecule has 1 aromatic rings. The summed E-state index contributed by atoms with van der Waals surface area (Å²) in [7, 11) is 1.27. The number of methoxy groups -OCH3 is 1. The van der Waals surface area contributed by atoms with Crippen LogP contribution in [0, 0.1) is 5.82 Å². The Labute approximate surface area is 81.4 Å². The molecule has 5 heteroatoms. The molecule has 0 amide bonds. The lowest BCUT2D eigenvalue weighted by atomic mass is 10.3. The van der Waals surface area contributed by atoms with Gasteiger partial charge in [-0.25, -0.2) is 14.2 Å². The van der Waals surface area contributed by atoms with E-state index in [4.69, 9.17) is 5.11 Å². The Balaban J connectivity index is 0.000000791. The number of carbonyl (C=O) groups is 1. The molecule has 78 valence electrons. The second kappa shape index (κ2) is 5.90. The van der Waals surface area contributed by atoms with Crippen LogP contribution in [0.1, 0.15) is 24.2 Å². The van der Waals surface area contributed by atoms with Gasteiger partial charge in [-0.1, -0.05) is 13.8 Å². The molecule has 1 aromatic heterocycles. The fourth-order valence-corrected chi connectivity index (χ4v) is 0.743. The molecule has 1 rings (SSSR count). The maximum Gasteiger partial charge on any atom is 0.341 e. The monoisotopic (exact) mass is 201 g/mol. The van der Waals surface area contributed by atoms with Crippen molar-refractivity contribution in [3.8, 4) is 5.88 Å². The van der Waals surface area contributed by atoms with Crippen molar-refractivity contribution in [1.82, 2.24) is 4.98 Å². The molecule has 0 fully saturated rings. The number of aromatic carboxylic acids is 1. The van der Waals surface area contributed by atoms with Crippen LogP contribution in [-0.2, 0) is 0 Å². The second-order valence-corrected chi connectivity index (χ2v) is 2.02. The van der Waals surface area contributed by atoms with E-state index in [2.05, 4.69) is 9.72 Å². The van der Waals surface area contributed by atoms with Crippen LogP contribution in [0.5, 0.6) is 5.88 Å². The molecule has 0 radical (unpaired) electrons. The van der Waals surface area contributed by atoms with Gasteiger partial charge in [-0.3, -0.25) is 0 Å². The summed E-state index contributed by atoms with van der Waals surface area (Å²) in [5.74, 6) is -2.06. The molecule has 0 saturated heterocycles. The van der Waals surface area contributed by atoms with Crippen LogP contribution in [0.4, 0.5) is 4.39 Å². The molecule has 0 aliphatic rings. The lowest BCUT2D eigenvalue weighted by Gasteiger charge is -2.01. The highest BCUT2D eigenvalue weighted by atomic mass is 19.1. The SMILES string of the molecule is CC.COc1ncc(F)cc1C(=O)O. The van der Waals surface area contributed by atoms with E-state index in [1.807, 2.05) is 13.8 Å². The van der Waals surface area contributed by atoms with Gasteiger partial charge in [0.05, 0.1) is 13.3 Å². The first-order valence-corrected chi connectivity index (χ1v) is 4.08. The summed E-state index contributed by atoms with van der Waals surface area (Å²) in [6.07, 6.45) is 0.894. The smallest absolute Gasteiger partial charge is 0.341 e. The Morgan fingerprint density at radius 3 is 2.57 bits per heavy atom. The zero-order valence-electron chi connectivity index (χ0n) is 8.24. The van der Waals surface area contributed by atoms with Crippen molar-refractivity contribution in [3.05, 3.63) is 23.6 Å². The molecule has 0 bridgehead atoms. The zero-order valence-corrected chi connectivity index (χ0v) is 8.24. The fraction of sp³-hybridized carbons (Fsp3) is 0.333. The maximum atomic E-state index is 12.5. The molecule has 0 saturated carbocycles. The largest absolute Gasteiger partial charge is 0.480 e. The number of nitrogens with zero attached hydrogens (tertiary/aromatic N) is 1. The van der Waals surface area contributed by atoms with Crippen LogP contribution in [0.25, 0.3) is 0 Å². The summed E-state index contributed by atoms with van der Waals surface area (Å²) in [5.41, 5.74) is -0.280. The zero-order chi connectivity index (χ0) is 11.1. The predicted molar refractivity (Wildman–Crippen MR) is 49.1 cm³/mol. The van der Waals surface area contributed by atoms with Crippen molar-refractivity contribution in [1.29, 1.82) is 0 Å². The molecular weight excluding hydrogens is 189 g/mol. The van der Waals surface area contributed by atoms with Gasteiger partial charge < -0.3 is 9.84 Å². The van der Waals surface area contributed by atoms with Gasteiger partial charge in [-0.2, -0.15) is 0 Å². The number of aromatic nitrogens is 1. The topological polar surface area (TPSA) is 59.4 Å². The van der Waals surface area contributed by atoms with Crippen LogP contribution in [0.2, 0.25) is 0 Å². The standard InChI is InChI=1S/C7H6FNO3.C2H6/c1-12-6-5(7(10)11)2-4(8)3-9-6;1-2/h2-3H,1H3,(H,10,11);1-2H3. The Kier molecular flexibility index (Phi) is 5.21. The minimum atomic E-state index is -1.26. The molecule has 4 nitrogen and oxygen atoms in total. The number of carboxylic acids is 1. The first-order chi connectivity index (χ1) is 6.65. The molecule has 0 aromatic carbocycles. The third kappa shape index (κ3) is 3.01. The van der Waals surface area contributed by atoms with Crippen LogP contribution in [-0.4, -0.2) is 23.2 Å². The summed E-state index contributed by atoms with van der Waals surface area (Å²) >= 11 is 0. The molecule has 0 spiro atoms. The van der Waals surface area contributed by atoms with E-state index in [0.717, 1.165) is 12.3 Å². The van der Waals surface area contributed by atoms with E-state index in [9.17, 15) is 9.18 Å². The summed E-state index contributed by atoms with van der Waals surface area (Å²) in [6, 6.07) is 0.855. The number of pyridine rings is 1. The summed E-state index contributed by atoms with van der Waals surface area (Å²) in [5, 5.41) is 8.53. The molecule has 14 heavy (non-hydrogen) atoms. The number of ether oxygens (including phenoxy) is 1. The lowest BCUT2D eigenvalue weighted by molar-refractivity contribution is 0.0691. The minimum Gasteiger partial charge on any atom is -0.480 e. The lowest BCUT2D eigenvalue weighted by Crippen LogP contribution is -2.02. The number of halogens is 1. The van der Waals surface area contributed by atoms with Gasteiger partial charge in [0.15, 0.2) is 0 Å². The van der Waals surface area contributed by atoms with E-state index in [1.165, 1.54) is 7.11 Å². The molecular formula is C9H12FNO3. The van der Waals surface area contributed by atoms with Gasteiger partial charge in [0, 0.05) is 0 Å². The van der Waals surface area contributed by atoms with Gasteiger partial charge >= 0.3 is 5.97 Å². The van der Waals surface area contributed by atoms with Crippen molar-refractivity contribution in [2.24, 2.45) is 0 Å². The molecule has 0 unspecified atom stereocenters. The fourth-order valence-electron chi connectivity index (χ4n) is 0.743. The van der Waals surface area contributed by atoms with Crippen LogP contribution in [0.15, 0.2) is 12.3 Å². The quantitative estimate of drug-likeness (QED) is 0.794. The van der Waals surface area contributed by atoms with Crippen molar-refractivity contribution >= 4 is 5.97 Å². The van der Waals surface area contributed by atoms with Crippen LogP contribution < -0.4 is 4.74 Å². The average molecular weight is 201 g/mol. The molecule has 0 aliphatic carbocycles. The van der Waals surface area contributed by atoms with E-state index in [0.29, 0.717) is 0 Å². The number of carboxylic acid groups (broad SMARTS) is 1. The normalized spacial score (nSPS) is 8.57. The van der Waals surface area contributed by atoms with Gasteiger partial charge in [-0.15, -0.1) is 0 Å². The average Bonchev–Trinajstić information content (AvgIpc) is 2.20. The van der Waals surface area contributed by atoms with Crippen LogP contribution in [0.3, 0.4) is 0 Å². The van der Waals surface area contributed by atoms with Gasteiger partial charge in [-0.05, 0) is 6.07 Å². The van der Waals surface area contributed by atoms with E-state index >= 15 is 0 Å². The number of hydrogen-bond donors (Lipinski definition) is 1. The summed E-state index contributed by atoms with van der Waals surface area (Å²) < 4.78 is 17.1. The first kappa shape index (κ1) is 12.3. The molecule has 1 heterocycles. The van der Waals surface area contributed by atoms with Gasteiger partial charge in [0.25, 0.3) is 0 Å². The van der Waals surface area contributed by atoms with Crippen molar-refractivity contribution in [2.75, 3.05) is 7.11 Å². The van der Waals surface area contributed by atoms with Crippen LogP contribution >= 0.6 is 0 Å². The molecule has 1 N–H and O–H groups in total. The summed E-state index contributed by atoms with van der Waals surface area (Å²) in [4.78, 5) is 13.9.